The highest BCUT2D eigenvalue weighted by Crippen LogP contribution is 2.24. The molecule has 0 amide bonds. The largest absolute Gasteiger partial charge is 0.461 e. The number of hydrogen-bond acceptors (Lipinski definition) is 3. The van der Waals surface area contributed by atoms with Gasteiger partial charge in [0.05, 0.1) is 0 Å². The summed E-state index contributed by atoms with van der Waals surface area (Å²) < 4.78 is 5.55. The number of carbonyl (C=O) groups is 1. The van der Waals surface area contributed by atoms with Gasteiger partial charge in [0.15, 0.2) is 0 Å². The molecule has 1 aromatic rings. The van der Waals surface area contributed by atoms with Crippen molar-refractivity contribution in [2.75, 3.05) is 0 Å². The molecule has 20 heavy (non-hydrogen) atoms. The zero-order chi connectivity index (χ0) is 14.4. The predicted octanol–water partition coefficient (Wildman–Crippen LogP) is 2.99. The fourth-order valence-corrected chi connectivity index (χ4v) is 2.76. The van der Waals surface area contributed by atoms with Crippen LogP contribution in [0, 0.1) is 0 Å². The molecule has 0 heterocycles. The molecule has 3 nitrogen and oxygen atoms in total. The SMILES string of the molecule is CCCCCCC(N)C(=O)OC1Cc2ccccc2C1. The number of fused-ring (bicyclic) bond motifs is 1. The van der Waals surface area contributed by atoms with Crippen LogP contribution in [0.15, 0.2) is 24.3 Å². The number of ether oxygens (including phenoxy) is 1. The predicted molar refractivity (Wildman–Crippen MR) is 80.5 cm³/mol. The molecule has 0 radical (unpaired) electrons. The minimum Gasteiger partial charge on any atom is -0.461 e. The van der Waals surface area contributed by atoms with Crippen LogP contribution in [0.3, 0.4) is 0 Å². The Balaban J connectivity index is 1.73. The van der Waals surface area contributed by atoms with Crippen molar-refractivity contribution in [3.8, 4) is 0 Å². The first-order valence-electron chi connectivity index (χ1n) is 7.73. The average molecular weight is 275 g/mol. The molecule has 1 unspecified atom stereocenters. The van der Waals surface area contributed by atoms with Crippen LogP contribution in [0.5, 0.6) is 0 Å². The second-order valence-electron chi connectivity index (χ2n) is 5.69. The van der Waals surface area contributed by atoms with E-state index in [-0.39, 0.29) is 12.1 Å². The van der Waals surface area contributed by atoms with E-state index in [1.54, 1.807) is 0 Å². The molecule has 2 rings (SSSR count). The summed E-state index contributed by atoms with van der Waals surface area (Å²) in [5, 5.41) is 0. The maximum Gasteiger partial charge on any atom is 0.323 e. The van der Waals surface area contributed by atoms with E-state index in [1.165, 1.54) is 24.0 Å². The molecule has 0 saturated heterocycles. The molecule has 110 valence electrons. The summed E-state index contributed by atoms with van der Waals surface area (Å²) in [6.45, 7) is 2.17. The van der Waals surface area contributed by atoms with E-state index in [9.17, 15) is 4.79 Å². The Kier molecular flexibility index (Phi) is 5.60. The van der Waals surface area contributed by atoms with Gasteiger partial charge in [0.1, 0.15) is 12.1 Å². The first kappa shape index (κ1) is 15.0. The van der Waals surface area contributed by atoms with Gasteiger partial charge in [0, 0.05) is 12.8 Å². The lowest BCUT2D eigenvalue weighted by Crippen LogP contribution is -2.35. The van der Waals surface area contributed by atoms with Gasteiger partial charge < -0.3 is 10.5 Å². The Morgan fingerprint density at radius 2 is 1.90 bits per heavy atom. The summed E-state index contributed by atoms with van der Waals surface area (Å²) in [5.41, 5.74) is 8.49. The molecule has 2 N–H and O–H groups in total. The molecule has 1 aromatic carbocycles. The van der Waals surface area contributed by atoms with Gasteiger partial charge in [-0.3, -0.25) is 4.79 Å². The minimum absolute atomic E-state index is 0.0263. The van der Waals surface area contributed by atoms with E-state index < -0.39 is 6.04 Å². The van der Waals surface area contributed by atoms with E-state index in [1.807, 2.05) is 12.1 Å². The molecule has 1 aliphatic carbocycles. The molecule has 3 heteroatoms. The standard InChI is InChI=1S/C17H25NO2/c1-2-3-4-5-10-16(18)17(19)20-15-11-13-8-6-7-9-14(13)12-15/h6-9,15-16H,2-5,10-12,18H2,1H3. The first-order chi connectivity index (χ1) is 9.70. The van der Waals surface area contributed by atoms with E-state index in [0.717, 1.165) is 32.1 Å². The molecule has 0 fully saturated rings. The van der Waals surface area contributed by atoms with Gasteiger partial charge >= 0.3 is 5.97 Å². The second kappa shape index (κ2) is 7.44. The number of benzene rings is 1. The lowest BCUT2D eigenvalue weighted by molar-refractivity contribution is -0.150. The van der Waals surface area contributed by atoms with Gasteiger partial charge in [-0.2, -0.15) is 0 Å². The second-order valence-corrected chi connectivity index (χ2v) is 5.69. The Morgan fingerprint density at radius 3 is 2.50 bits per heavy atom. The van der Waals surface area contributed by atoms with Gasteiger partial charge in [-0.15, -0.1) is 0 Å². The van der Waals surface area contributed by atoms with E-state index in [4.69, 9.17) is 10.5 Å². The number of carbonyl (C=O) groups excluding carboxylic acids is 1. The zero-order valence-corrected chi connectivity index (χ0v) is 12.3. The van der Waals surface area contributed by atoms with Crippen LogP contribution in [0.25, 0.3) is 0 Å². The third kappa shape index (κ3) is 4.07. The fourth-order valence-electron chi connectivity index (χ4n) is 2.76. The van der Waals surface area contributed by atoms with Crippen molar-refractivity contribution in [1.82, 2.24) is 0 Å². The monoisotopic (exact) mass is 275 g/mol. The molecule has 1 aliphatic rings. The number of nitrogens with two attached hydrogens (primary N) is 1. The summed E-state index contributed by atoms with van der Waals surface area (Å²) in [5.74, 6) is -0.237. The Morgan fingerprint density at radius 1 is 1.25 bits per heavy atom. The maximum atomic E-state index is 12.0. The highest BCUT2D eigenvalue weighted by Gasteiger charge is 2.26. The number of unbranched alkanes of at least 4 members (excludes halogenated alkanes) is 3. The Labute approximate surface area is 121 Å². The molecule has 0 aliphatic heterocycles. The topological polar surface area (TPSA) is 52.3 Å². The molecule has 0 bridgehead atoms. The van der Waals surface area contributed by atoms with Crippen molar-refractivity contribution in [3.05, 3.63) is 35.4 Å². The van der Waals surface area contributed by atoms with Gasteiger partial charge in [0.2, 0.25) is 0 Å². The lowest BCUT2D eigenvalue weighted by atomic mass is 10.1. The quantitative estimate of drug-likeness (QED) is 0.615. The third-order valence-electron chi connectivity index (χ3n) is 3.97. The van der Waals surface area contributed by atoms with E-state index in [0.29, 0.717) is 0 Å². The van der Waals surface area contributed by atoms with E-state index >= 15 is 0 Å². The average Bonchev–Trinajstić information content (AvgIpc) is 2.85. The molecule has 0 saturated carbocycles. The number of rotatable bonds is 7. The summed E-state index contributed by atoms with van der Waals surface area (Å²) in [4.78, 5) is 12.0. The summed E-state index contributed by atoms with van der Waals surface area (Å²) in [6, 6.07) is 7.81. The van der Waals surface area contributed by atoms with Crippen LogP contribution in [0.1, 0.15) is 50.2 Å². The van der Waals surface area contributed by atoms with Crippen LogP contribution < -0.4 is 5.73 Å². The van der Waals surface area contributed by atoms with Crippen LogP contribution in [0.4, 0.5) is 0 Å². The molecule has 1 atom stereocenters. The van der Waals surface area contributed by atoms with Crippen LogP contribution >= 0.6 is 0 Å². The van der Waals surface area contributed by atoms with Crippen molar-refractivity contribution in [2.24, 2.45) is 5.73 Å². The van der Waals surface area contributed by atoms with Gasteiger partial charge in [-0.1, -0.05) is 56.9 Å². The van der Waals surface area contributed by atoms with Gasteiger partial charge in [-0.05, 0) is 17.5 Å². The van der Waals surface area contributed by atoms with Crippen molar-refractivity contribution in [1.29, 1.82) is 0 Å². The lowest BCUT2D eigenvalue weighted by Gasteiger charge is -2.15. The highest BCUT2D eigenvalue weighted by molar-refractivity contribution is 5.75. The smallest absolute Gasteiger partial charge is 0.323 e. The van der Waals surface area contributed by atoms with E-state index in [2.05, 4.69) is 19.1 Å². The van der Waals surface area contributed by atoms with Crippen LogP contribution in [-0.4, -0.2) is 18.1 Å². The molecule has 0 spiro atoms. The zero-order valence-electron chi connectivity index (χ0n) is 12.3. The van der Waals surface area contributed by atoms with Gasteiger partial charge in [0.25, 0.3) is 0 Å². The third-order valence-corrected chi connectivity index (χ3v) is 3.97. The fraction of sp³-hybridized carbons (Fsp3) is 0.588. The van der Waals surface area contributed by atoms with Crippen molar-refractivity contribution in [3.63, 3.8) is 0 Å². The molecular formula is C17H25NO2. The van der Waals surface area contributed by atoms with Crippen molar-refractivity contribution < 1.29 is 9.53 Å². The van der Waals surface area contributed by atoms with Crippen LogP contribution in [0.2, 0.25) is 0 Å². The summed E-state index contributed by atoms with van der Waals surface area (Å²) in [6.07, 6.45) is 6.91. The number of esters is 1. The highest BCUT2D eigenvalue weighted by atomic mass is 16.5. The van der Waals surface area contributed by atoms with Gasteiger partial charge in [-0.25, -0.2) is 0 Å². The Hall–Kier alpha value is -1.35. The Bertz CT molecular complexity index is 419. The maximum absolute atomic E-state index is 12.0. The first-order valence-corrected chi connectivity index (χ1v) is 7.73. The molecular weight excluding hydrogens is 250 g/mol. The van der Waals surface area contributed by atoms with Crippen molar-refractivity contribution in [2.45, 2.75) is 64.0 Å². The molecule has 0 aromatic heterocycles. The normalized spacial score (nSPS) is 15.9. The van der Waals surface area contributed by atoms with Crippen molar-refractivity contribution >= 4 is 5.97 Å². The summed E-state index contributed by atoms with van der Waals surface area (Å²) in [7, 11) is 0. The number of hydrogen-bond donors (Lipinski definition) is 1. The summed E-state index contributed by atoms with van der Waals surface area (Å²) >= 11 is 0. The minimum atomic E-state index is -0.462. The van der Waals surface area contributed by atoms with Crippen LogP contribution in [-0.2, 0) is 22.4 Å².